The maximum atomic E-state index is 14.3. The zero-order valence-electron chi connectivity index (χ0n) is 29.7. The normalized spacial score (nSPS) is 16.2. The van der Waals surface area contributed by atoms with Crippen LogP contribution in [0.2, 0.25) is 0 Å². The molecule has 5 amide bonds. The number of halogens is 1. The van der Waals surface area contributed by atoms with Gasteiger partial charge >= 0.3 is 12.0 Å². The SMILES string of the molecule is CC(C)[C@H](C)CN(C(=O)[C@@H](NC(=O)N[C@H](C(=O)OCc1ccc(F)cc1)C(C)C)C(C)(C)C)[C@@H](C)C(=O)NC(CC1CC1)C(=O)C(N)=O. The minimum Gasteiger partial charge on any atom is -0.459 e. The fraction of sp³-hybridized carbons (Fsp3) is 0.657. The van der Waals surface area contributed by atoms with E-state index in [-0.39, 0.29) is 43.2 Å². The number of ketones is 1. The second kappa shape index (κ2) is 17.4. The molecule has 0 radical (unpaired) electrons. The minimum absolute atomic E-state index is 0.0469. The maximum absolute atomic E-state index is 14.3. The van der Waals surface area contributed by atoms with Gasteiger partial charge in [-0.1, -0.05) is 80.4 Å². The Morgan fingerprint density at radius 1 is 0.917 bits per heavy atom. The number of amides is 5. The summed E-state index contributed by atoms with van der Waals surface area (Å²) in [6.45, 7) is 16.3. The van der Waals surface area contributed by atoms with Gasteiger partial charge in [-0.15, -0.1) is 0 Å². The van der Waals surface area contributed by atoms with E-state index in [0.717, 1.165) is 12.8 Å². The molecular formula is C35H54FN5O7. The Morgan fingerprint density at radius 3 is 1.98 bits per heavy atom. The van der Waals surface area contributed by atoms with Gasteiger partial charge in [0.1, 0.15) is 30.5 Å². The summed E-state index contributed by atoms with van der Waals surface area (Å²) in [6, 6.07) is 0.335. The summed E-state index contributed by atoms with van der Waals surface area (Å²) in [5, 5.41) is 8.00. The number of carbonyl (C=O) groups excluding carboxylic acids is 6. The summed E-state index contributed by atoms with van der Waals surface area (Å²) < 4.78 is 18.6. The Balaban J connectivity index is 2.27. The third kappa shape index (κ3) is 12.2. The summed E-state index contributed by atoms with van der Waals surface area (Å²) in [5.74, 6) is -4.39. The number of nitrogens with two attached hydrogens (primary N) is 1. The predicted octanol–water partition coefficient (Wildman–Crippen LogP) is 3.46. The third-order valence-corrected chi connectivity index (χ3v) is 8.78. The molecule has 13 heteroatoms. The Labute approximate surface area is 283 Å². The number of Topliss-reactive ketones (excluding diaryl/α,β-unsaturated/α-hetero) is 1. The lowest BCUT2D eigenvalue weighted by Gasteiger charge is -2.39. The van der Waals surface area contributed by atoms with Crippen LogP contribution in [0.15, 0.2) is 24.3 Å². The highest BCUT2D eigenvalue weighted by Crippen LogP contribution is 2.34. The first-order valence-electron chi connectivity index (χ1n) is 16.6. The maximum Gasteiger partial charge on any atom is 0.329 e. The molecule has 5 atom stereocenters. The van der Waals surface area contributed by atoms with Crippen molar-refractivity contribution >= 4 is 35.5 Å². The molecule has 0 heterocycles. The molecule has 0 spiro atoms. The van der Waals surface area contributed by atoms with Crippen molar-refractivity contribution in [3.05, 3.63) is 35.6 Å². The van der Waals surface area contributed by atoms with Gasteiger partial charge in [-0.2, -0.15) is 0 Å². The van der Waals surface area contributed by atoms with Gasteiger partial charge in [0.2, 0.25) is 17.6 Å². The van der Waals surface area contributed by atoms with Crippen LogP contribution in [-0.4, -0.2) is 71.1 Å². The molecule has 0 saturated heterocycles. The molecule has 1 unspecified atom stereocenters. The highest BCUT2D eigenvalue weighted by atomic mass is 19.1. The quantitative estimate of drug-likeness (QED) is 0.144. The van der Waals surface area contributed by atoms with Crippen molar-refractivity contribution in [3.63, 3.8) is 0 Å². The van der Waals surface area contributed by atoms with E-state index in [9.17, 15) is 33.2 Å². The molecule has 0 aromatic heterocycles. The number of hydrogen-bond donors (Lipinski definition) is 4. The van der Waals surface area contributed by atoms with Crippen LogP contribution in [0.4, 0.5) is 9.18 Å². The number of benzene rings is 1. The number of hydrogen-bond acceptors (Lipinski definition) is 7. The molecule has 1 fully saturated rings. The van der Waals surface area contributed by atoms with Gasteiger partial charge in [-0.05, 0) is 60.1 Å². The van der Waals surface area contributed by atoms with Crippen LogP contribution in [-0.2, 0) is 35.3 Å². The first kappa shape index (κ1) is 40.1. The summed E-state index contributed by atoms with van der Waals surface area (Å²) in [6.07, 6.45) is 2.05. The molecule has 48 heavy (non-hydrogen) atoms. The Bertz CT molecular complexity index is 1310. The van der Waals surface area contributed by atoms with Crippen LogP contribution in [0.3, 0.4) is 0 Å². The third-order valence-electron chi connectivity index (χ3n) is 8.78. The molecule has 2 rings (SSSR count). The molecule has 1 saturated carbocycles. The number of carbonyl (C=O) groups is 6. The zero-order valence-corrected chi connectivity index (χ0v) is 29.7. The second-order valence-electron chi connectivity index (χ2n) is 14.7. The highest BCUT2D eigenvalue weighted by molar-refractivity contribution is 6.37. The van der Waals surface area contributed by atoms with Crippen molar-refractivity contribution in [1.29, 1.82) is 0 Å². The van der Waals surface area contributed by atoms with Crippen molar-refractivity contribution in [2.75, 3.05) is 6.54 Å². The Morgan fingerprint density at radius 2 is 1.50 bits per heavy atom. The van der Waals surface area contributed by atoms with E-state index in [4.69, 9.17) is 10.5 Å². The van der Waals surface area contributed by atoms with Crippen LogP contribution in [0.1, 0.15) is 87.1 Å². The number of nitrogens with one attached hydrogen (secondary N) is 3. The Hall–Kier alpha value is -4.03. The summed E-state index contributed by atoms with van der Waals surface area (Å²) in [4.78, 5) is 79.9. The number of urea groups is 1. The number of primary amides is 1. The van der Waals surface area contributed by atoms with Crippen LogP contribution in [0, 0.1) is 34.9 Å². The summed E-state index contributed by atoms with van der Waals surface area (Å²) in [5.41, 5.74) is 4.99. The van der Waals surface area contributed by atoms with Crippen molar-refractivity contribution in [3.8, 4) is 0 Å². The molecule has 268 valence electrons. The number of rotatable bonds is 17. The summed E-state index contributed by atoms with van der Waals surface area (Å²) >= 11 is 0. The van der Waals surface area contributed by atoms with Crippen molar-refractivity contribution in [1.82, 2.24) is 20.9 Å². The van der Waals surface area contributed by atoms with E-state index in [1.165, 1.54) is 36.1 Å². The zero-order chi connectivity index (χ0) is 36.5. The van der Waals surface area contributed by atoms with Gasteiger partial charge in [-0.3, -0.25) is 19.2 Å². The van der Waals surface area contributed by atoms with E-state index in [1.807, 2.05) is 20.8 Å². The molecule has 5 N–H and O–H groups in total. The van der Waals surface area contributed by atoms with Crippen molar-refractivity contribution in [2.45, 2.75) is 112 Å². The van der Waals surface area contributed by atoms with Gasteiger partial charge in [-0.25, -0.2) is 14.0 Å². The first-order chi connectivity index (χ1) is 22.2. The topological polar surface area (TPSA) is 177 Å². The summed E-state index contributed by atoms with van der Waals surface area (Å²) in [7, 11) is 0. The lowest BCUT2D eigenvalue weighted by atomic mass is 9.85. The van der Waals surface area contributed by atoms with E-state index < -0.39 is 70.9 Å². The van der Waals surface area contributed by atoms with Crippen molar-refractivity contribution in [2.24, 2.45) is 34.8 Å². The molecular weight excluding hydrogens is 621 g/mol. The van der Waals surface area contributed by atoms with E-state index >= 15 is 0 Å². The molecule has 0 aliphatic heterocycles. The fourth-order valence-electron chi connectivity index (χ4n) is 4.94. The van der Waals surface area contributed by atoms with Gasteiger partial charge < -0.3 is 31.3 Å². The molecule has 0 bridgehead atoms. The predicted molar refractivity (Wildman–Crippen MR) is 178 cm³/mol. The lowest BCUT2D eigenvalue weighted by molar-refractivity contribution is -0.148. The Kier molecular flexibility index (Phi) is 14.5. The molecule has 1 aliphatic carbocycles. The van der Waals surface area contributed by atoms with Crippen LogP contribution in [0.5, 0.6) is 0 Å². The number of nitrogens with zero attached hydrogens (tertiary/aromatic N) is 1. The highest BCUT2D eigenvalue weighted by Gasteiger charge is 2.41. The monoisotopic (exact) mass is 675 g/mol. The largest absolute Gasteiger partial charge is 0.459 e. The molecule has 1 aromatic carbocycles. The standard InChI is InChI=1S/C35H54FN5O7/c1-19(2)21(5)17-41(22(6)31(44)38-26(16-23-10-11-23)28(42)30(37)43)32(45)29(35(7,8)9)40-34(47)39-27(20(3)4)33(46)48-18-24-12-14-25(36)15-13-24/h12-15,19-23,26-27,29H,10-11,16-18H2,1-9H3,(H2,37,43)(H,38,44)(H2,39,40,47)/t21-,22+,26?,27+,29-/m1/s1. The van der Waals surface area contributed by atoms with Gasteiger partial charge in [0.25, 0.3) is 5.91 Å². The smallest absolute Gasteiger partial charge is 0.329 e. The van der Waals surface area contributed by atoms with Gasteiger partial charge in [0.15, 0.2) is 0 Å². The molecule has 1 aromatic rings. The van der Waals surface area contributed by atoms with Gasteiger partial charge in [0, 0.05) is 6.54 Å². The molecule has 1 aliphatic rings. The van der Waals surface area contributed by atoms with Gasteiger partial charge in [0.05, 0.1) is 6.04 Å². The van der Waals surface area contributed by atoms with Crippen LogP contribution < -0.4 is 21.7 Å². The van der Waals surface area contributed by atoms with E-state index in [0.29, 0.717) is 5.56 Å². The van der Waals surface area contributed by atoms with Crippen LogP contribution >= 0.6 is 0 Å². The minimum atomic E-state index is -1.14. The first-order valence-corrected chi connectivity index (χ1v) is 16.6. The number of esters is 1. The lowest BCUT2D eigenvalue weighted by Crippen LogP contribution is -2.62. The van der Waals surface area contributed by atoms with Crippen LogP contribution in [0.25, 0.3) is 0 Å². The van der Waals surface area contributed by atoms with E-state index in [2.05, 4.69) is 16.0 Å². The van der Waals surface area contributed by atoms with Crippen molar-refractivity contribution < 1.29 is 37.9 Å². The van der Waals surface area contributed by atoms with E-state index in [1.54, 1.807) is 34.6 Å². The molecule has 12 nitrogen and oxygen atoms in total. The number of ether oxygens (including phenoxy) is 1. The average Bonchev–Trinajstić information content (AvgIpc) is 3.82. The fourth-order valence-corrected chi connectivity index (χ4v) is 4.94. The average molecular weight is 676 g/mol. The second-order valence-corrected chi connectivity index (χ2v) is 14.7.